The van der Waals surface area contributed by atoms with E-state index in [-0.39, 0.29) is 17.9 Å². The van der Waals surface area contributed by atoms with Crippen LogP contribution in [0.4, 0.5) is 10.5 Å². The molecule has 8 heteroatoms. The quantitative estimate of drug-likeness (QED) is 0.712. The van der Waals surface area contributed by atoms with Gasteiger partial charge in [-0.3, -0.25) is 4.79 Å². The maximum Gasteiger partial charge on any atom is 0.317 e. The Kier molecular flexibility index (Phi) is 5.61. The lowest BCUT2D eigenvalue weighted by atomic mass is 9.97. The lowest BCUT2D eigenvalue weighted by Crippen LogP contribution is -2.48. The number of hydrogen-bond donors (Lipinski definition) is 3. The number of urea groups is 1. The van der Waals surface area contributed by atoms with E-state index >= 15 is 0 Å². The Balaban J connectivity index is 1.61. The first-order valence-electron chi connectivity index (χ1n) is 8.89. The van der Waals surface area contributed by atoms with E-state index in [2.05, 4.69) is 29.5 Å². The van der Waals surface area contributed by atoms with E-state index in [1.165, 1.54) is 0 Å². The van der Waals surface area contributed by atoms with Crippen molar-refractivity contribution in [1.29, 1.82) is 0 Å². The van der Waals surface area contributed by atoms with Gasteiger partial charge in [0.1, 0.15) is 0 Å². The number of oxazole rings is 1. The van der Waals surface area contributed by atoms with Gasteiger partial charge in [0.15, 0.2) is 5.58 Å². The number of rotatable bonds is 4. The minimum absolute atomic E-state index is 0.0835. The van der Waals surface area contributed by atoms with Crippen LogP contribution < -0.4 is 10.6 Å². The van der Waals surface area contributed by atoms with Gasteiger partial charge in [-0.25, -0.2) is 4.79 Å². The first-order chi connectivity index (χ1) is 12.4. The number of piperidine rings is 1. The molecule has 3 rings (SSSR count). The summed E-state index contributed by atoms with van der Waals surface area (Å²) in [5, 5.41) is 5.83. The average Bonchev–Trinajstić information content (AvgIpc) is 2.99. The van der Waals surface area contributed by atoms with Gasteiger partial charge in [0, 0.05) is 31.4 Å². The van der Waals surface area contributed by atoms with Crippen LogP contribution in [0.15, 0.2) is 22.6 Å². The molecule has 1 aromatic carbocycles. The Bertz CT molecular complexity index is 857. The van der Waals surface area contributed by atoms with Gasteiger partial charge in [0.2, 0.25) is 5.91 Å². The Morgan fingerprint density at radius 1 is 1.42 bits per heavy atom. The van der Waals surface area contributed by atoms with Crippen molar-refractivity contribution in [3.63, 3.8) is 0 Å². The van der Waals surface area contributed by atoms with E-state index in [1.54, 1.807) is 17.0 Å². The summed E-state index contributed by atoms with van der Waals surface area (Å²) in [5.41, 5.74) is 2.05. The van der Waals surface area contributed by atoms with Gasteiger partial charge in [-0.1, -0.05) is 13.8 Å². The number of nitrogens with one attached hydrogen (secondary N) is 3. The van der Waals surface area contributed by atoms with E-state index < -0.39 is 0 Å². The zero-order chi connectivity index (χ0) is 18.7. The lowest BCUT2D eigenvalue weighted by molar-refractivity contribution is -0.121. The second-order valence-electron chi connectivity index (χ2n) is 7.08. The highest BCUT2D eigenvalue weighted by Gasteiger charge is 2.28. The second-order valence-corrected chi connectivity index (χ2v) is 7.45. The topological polar surface area (TPSA) is 90.4 Å². The van der Waals surface area contributed by atoms with Gasteiger partial charge in [-0.15, -0.1) is 0 Å². The molecule has 2 heterocycles. The molecule has 2 aromatic rings. The van der Waals surface area contributed by atoms with Crippen molar-refractivity contribution in [2.45, 2.75) is 26.7 Å². The molecule has 0 aliphatic carbocycles. The lowest BCUT2D eigenvalue weighted by Gasteiger charge is -2.32. The van der Waals surface area contributed by atoms with Crippen molar-refractivity contribution < 1.29 is 14.0 Å². The van der Waals surface area contributed by atoms with Crippen molar-refractivity contribution in [3.05, 3.63) is 23.0 Å². The van der Waals surface area contributed by atoms with Crippen LogP contribution in [0.1, 0.15) is 26.7 Å². The summed E-state index contributed by atoms with van der Waals surface area (Å²) in [4.78, 5) is 29.8. The van der Waals surface area contributed by atoms with Crippen molar-refractivity contribution >= 4 is 40.9 Å². The van der Waals surface area contributed by atoms with Gasteiger partial charge in [-0.05, 0) is 43.1 Å². The molecular weight excluding hydrogens is 352 g/mol. The molecule has 7 nitrogen and oxygen atoms in total. The van der Waals surface area contributed by atoms with Crippen LogP contribution >= 0.6 is 12.2 Å². The Morgan fingerprint density at radius 2 is 2.23 bits per heavy atom. The van der Waals surface area contributed by atoms with Crippen molar-refractivity contribution in [1.82, 2.24) is 15.2 Å². The van der Waals surface area contributed by atoms with Crippen molar-refractivity contribution in [2.75, 3.05) is 25.0 Å². The molecule has 0 saturated carbocycles. The predicted octanol–water partition coefficient (Wildman–Crippen LogP) is 3.51. The molecule has 0 radical (unpaired) electrons. The molecule has 26 heavy (non-hydrogen) atoms. The maximum atomic E-state index is 12.6. The molecular formula is C18H24N4O3S. The van der Waals surface area contributed by atoms with Crippen LogP contribution in [0.2, 0.25) is 0 Å². The third-order valence-corrected chi connectivity index (χ3v) is 4.61. The summed E-state index contributed by atoms with van der Waals surface area (Å²) in [6.07, 6.45) is 1.59. The molecule has 1 aromatic heterocycles. The van der Waals surface area contributed by atoms with E-state index in [0.29, 0.717) is 41.7 Å². The summed E-state index contributed by atoms with van der Waals surface area (Å²) in [5.74, 6) is 0.0917. The van der Waals surface area contributed by atoms with Crippen LogP contribution in [-0.2, 0) is 4.79 Å². The molecule has 1 saturated heterocycles. The zero-order valence-electron chi connectivity index (χ0n) is 15.0. The van der Waals surface area contributed by atoms with Gasteiger partial charge < -0.3 is 24.9 Å². The summed E-state index contributed by atoms with van der Waals surface area (Å²) < 4.78 is 5.38. The van der Waals surface area contributed by atoms with E-state index in [4.69, 9.17) is 16.6 Å². The van der Waals surface area contributed by atoms with Crippen LogP contribution in [0.5, 0.6) is 0 Å². The number of fused-ring (bicyclic) bond motifs is 1. The largest absolute Gasteiger partial charge is 0.429 e. The van der Waals surface area contributed by atoms with E-state index in [1.807, 2.05) is 6.07 Å². The Morgan fingerprint density at radius 3 is 3.00 bits per heavy atom. The summed E-state index contributed by atoms with van der Waals surface area (Å²) in [6, 6.07) is 5.27. The number of aromatic amines is 1. The third kappa shape index (κ3) is 4.43. The van der Waals surface area contributed by atoms with Crippen LogP contribution in [0.3, 0.4) is 0 Å². The molecule has 1 fully saturated rings. The minimum atomic E-state index is -0.220. The number of anilines is 1. The number of carbonyl (C=O) groups is 2. The average molecular weight is 376 g/mol. The highest BCUT2D eigenvalue weighted by Crippen LogP contribution is 2.22. The molecule has 0 bridgehead atoms. The maximum absolute atomic E-state index is 12.6. The number of H-pyrrole nitrogens is 1. The van der Waals surface area contributed by atoms with Crippen LogP contribution in [-0.4, -0.2) is 41.5 Å². The molecule has 0 unspecified atom stereocenters. The fraction of sp³-hybridized carbons (Fsp3) is 0.500. The first kappa shape index (κ1) is 18.4. The molecule has 3 N–H and O–H groups in total. The van der Waals surface area contributed by atoms with Gasteiger partial charge in [0.05, 0.1) is 11.4 Å². The molecule has 1 aliphatic rings. The summed E-state index contributed by atoms with van der Waals surface area (Å²) >= 11 is 4.97. The first-order valence-corrected chi connectivity index (χ1v) is 9.29. The minimum Gasteiger partial charge on any atom is -0.429 e. The Hall–Kier alpha value is -2.35. The fourth-order valence-electron chi connectivity index (χ4n) is 3.05. The smallest absolute Gasteiger partial charge is 0.317 e. The number of amides is 3. The van der Waals surface area contributed by atoms with Crippen LogP contribution in [0, 0.1) is 16.7 Å². The molecule has 1 atom stereocenters. The number of hydrogen-bond acceptors (Lipinski definition) is 4. The summed E-state index contributed by atoms with van der Waals surface area (Å²) in [6.45, 7) is 5.86. The monoisotopic (exact) mass is 376 g/mol. The molecule has 3 amide bonds. The molecule has 0 spiro atoms. The number of carbonyl (C=O) groups excluding carboxylic acids is 2. The van der Waals surface area contributed by atoms with Crippen molar-refractivity contribution in [2.24, 2.45) is 11.8 Å². The van der Waals surface area contributed by atoms with Crippen LogP contribution in [0.25, 0.3) is 11.1 Å². The molecule has 1 aliphatic heterocycles. The van der Waals surface area contributed by atoms with Gasteiger partial charge in [-0.2, -0.15) is 0 Å². The van der Waals surface area contributed by atoms with Gasteiger partial charge >= 0.3 is 6.03 Å². The summed E-state index contributed by atoms with van der Waals surface area (Å²) in [7, 11) is 0. The van der Waals surface area contributed by atoms with Crippen molar-refractivity contribution in [3.8, 4) is 0 Å². The van der Waals surface area contributed by atoms with Gasteiger partial charge in [0.25, 0.3) is 4.84 Å². The third-order valence-electron chi connectivity index (χ3n) is 4.43. The predicted molar refractivity (Wildman–Crippen MR) is 103 cm³/mol. The highest BCUT2D eigenvalue weighted by atomic mass is 32.1. The molecule has 140 valence electrons. The number of likely N-dealkylation sites (tertiary alicyclic amines) is 1. The number of benzene rings is 1. The SMILES string of the molecule is CC(C)CNC(=O)N1CCC[C@@H](C(=O)Nc2ccc3[nH]c(=S)oc3c2)C1. The van der Waals surface area contributed by atoms with E-state index in [0.717, 1.165) is 18.4 Å². The fourth-order valence-corrected chi connectivity index (χ4v) is 3.25. The highest BCUT2D eigenvalue weighted by molar-refractivity contribution is 7.71. The second kappa shape index (κ2) is 7.90. The standard InChI is InChI=1S/C18H24N4O3S/c1-11(2)9-19-17(24)22-7-3-4-12(10-22)16(23)20-13-5-6-14-15(8-13)25-18(26)21-14/h5-6,8,11-12H,3-4,7,9-10H2,1-2H3,(H,19,24)(H,20,23)(H,21,26)/t12-/m1/s1. The number of nitrogens with zero attached hydrogens (tertiary/aromatic N) is 1. The number of aromatic nitrogens is 1. The normalized spacial score (nSPS) is 17.5. The Labute approximate surface area is 157 Å². The van der Waals surface area contributed by atoms with E-state index in [9.17, 15) is 9.59 Å². The zero-order valence-corrected chi connectivity index (χ0v) is 15.8.